The van der Waals surface area contributed by atoms with Crippen LogP contribution in [0.1, 0.15) is 48.2 Å². The fraction of sp³-hybridized carbons (Fsp3) is 0.583. The monoisotopic (exact) mass is 210 g/mol. The van der Waals surface area contributed by atoms with Crippen molar-refractivity contribution in [3.63, 3.8) is 0 Å². The molecule has 3 heteroatoms. The van der Waals surface area contributed by atoms with Crippen LogP contribution in [0.3, 0.4) is 0 Å². The van der Waals surface area contributed by atoms with E-state index in [1.165, 1.54) is 7.11 Å². The maximum atomic E-state index is 11.6. The maximum Gasteiger partial charge on any atom is 0.341 e. The summed E-state index contributed by atoms with van der Waals surface area (Å²) in [5.74, 6) is 1.15. The number of esters is 1. The summed E-state index contributed by atoms with van der Waals surface area (Å²) >= 11 is 0. The van der Waals surface area contributed by atoms with Crippen LogP contribution in [0.25, 0.3) is 0 Å². The number of methoxy groups -OCH3 is 1. The van der Waals surface area contributed by atoms with Gasteiger partial charge < -0.3 is 9.15 Å². The Bertz CT molecular complexity index is 380. The van der Waals surface area contributed by atoms with Crippen LogP contribution in [-0.4, -0.2) is 13.1 Å². The number of ether oxygens (including phenoxy) is 1. The van der Waals surface area contributed by atoms with Gasteiger partial charge in [0.05, 0.1) is 7.11 Å². The number of carbonyl (C=O) groups excluding carboxylic acids is 1. The van der Waals surface area contributed by atoms with Gasteiger partial charge in [0.25, 0.3) is 0 Å². The van der Waals surface area contributed by atoms with E-state index in [4.69, 9.17) is 9.15 Å². The molecule has 0 fully saturated rings. The first-order chi connectivity index (χ1) is 6.79. The highest BCUT2D eigenvalue weighted by Gasteiger charge is 2.29. The smallest absolute Gasteiger partial charge is 0.341 e. The van der Waals surface area contributed by atoms with Crippen molar-refractivity contribution in [2.75, 3.05) is 7.11 Å². The van der Waals surface area contributed by atoms with Crippen molar-refractivity contribution in [3.8, 4) is 0 Å². The summed E-state index contributed by atoms with van der Waals surface area (Å²) in [6.45, 7) is 9.77. The highest BCUT2D eigenvalue weighted by atomic mass is 16.5. The minimum atomic E-state index is -0.325. The van der Waals surface area contributed by atoms with E-state index in [2.05, 4.69) is 0 Å². The van der Waals surface area contributed by atoms with Crippen LogP contribution in [0.15, 0.2) is 4.42 Å². The number of rotatable bonds is 1. The summed E-state index contributed by atoms with van der Waals surface area (Å²) in [6, 6.07) is 0. The number of furan rings is 1. The Morgan fingerprint density at radius 2 is 1.80 bits per heavy atom. The number of hydrogen-bond donors (Lipinski definition) is 0. The van der Waals surface area contributed by atoms with Crippen molar-refractivity contribution < 1.29 is 13.9 Å². The predicted octanol–water partition coefficient (Wildman–Crippen LogP) is 2.98. The molecule has 1 heterocycles. The van der Waals surface area contributed by atoms with Crippen molar-refractivity contribution in [2.45, 2.75) is 40.0 Å². The Balaban J connectivity index is 3.40. The van der Waals surface area contributed by atoms with Gasteiger partial charge in [-0.15, -0.1) is 0 Å². The van der Waals surface area contributed by atoms with Crippen LogP contribution in [0, 0.1) is 13.8 Å². The third-order valence-corrected chi connectivity index (χ3v) is 2.46. The van der Waals surface area contributed by atoms with Crippen molar-refractivity contribution in [1.82, 2.24) is 0 Å². The van der Waals surface area contributed by atoms with Gasteiger partial charge in [-0.2, -0.15) is 0 Å². The van der Waals surface area contributed by atoms with Crippen molar-refractivity contribution >= 4 is 5.97 Å². The summed E-state index contributed by atoms with van der Waals surface area (Å²) < 4.78 is 10.4. The van der Waals surface area contributed by atoms with Gasteiger partial charge in [-0.3, -0.25) is 0 Å². The van der Waals surface area contributed by atoms with E-state index in [9.17, 15) is 4.79 Å². The van der Waals surface area contributed by atoms with Crippen molar-refractivity contribution in [3.05, 3.63) is 22.6 Å². The Morgan fingerprint density at radius 3 is 2.20 bits per heavy atom. The molecule has 0 spiro atoms. The second-order valence-corrected chi connectivity index (χ2v) is 4.73. The molecule has 0 aromatic carbocycles. The molecule has 0 amide bonds. The van der Waals surface area contributed by atoms with Crippen LogP contribution in [0.2, 0.25) is 0 Å². The minimum Gasteiger partial charge on any atom is -0.465 e. The Kier molecular flexibility index (Phi) is 2.93. The van der Waals surface area contributed by atoms with Crippen LogP contribution >= 0.6 is 0 Å². The van der Waals surface area contributed by atoms with Crippen LogP contribution in [-0.2, 0) is 10.2 Å². The molecule has 0 aliphatic heterocycles. The first-order valence-corrected chi connectivity index (χ1v) is 4.97. The minimum absolute atomic E-state index is 0.192. The number of aryl methyl sites for hydroxylation is 1. The van der Waals surface area contributed by atoms with Crippen molar-refractivity contribution in [1.29, 1.82) is 0 Å². The standard InChI is InChI=1S/C12H18O3/c1-7-8(2)15-10(12(3,4)5)9(7)11(13)14-6/h1-6H3. The van der Waals surface area contributed by atoms with Gasteiger partial charge in [0.2, 0.25) is 0 Å². The molecular weight excluding hydrogens is 192 g/mol. The zero-order valence-corrected chi connectivity index (χ0v) is 10.2. The van der Waals surface area contributed by atoms with E-state index in [1.54, 1.807) is 0 Å². The Morgan fingerprint density at radius 1 is 1.27 bits per heavy atom. The molecule has 0 N–H and O–H groups in total. The summed E-state index contributed by atoms with van der Waals surface area (Å²) in [6.07, 6.45) is 0. The summed E-state index contributed by atoms with van der Waals surface area (Å²) in [5, 5.41) is 0. The summed E-state index contributed by atoms with van der Waals surface area (Å²) in [7, 11) is 1.39. The molecular formula is C12H18O3. The molecule has 0 saturated heterocycles. The molecule has 0 unspecified atom stereocenters. The SMILES string of the molecule is COC(=O)c1c(C(C)(C)C)oc(C)c1C. The fourth-order valence-corrected chi connectivity index (χ4v) is 1.50. The average Bonchev–Trinajstić information content (AvgIpc) is 2.42. The number of hydrogen-bond acceptors (Lipinski definition) is 3. The first kappa shape index (κ1) is 11.8. The summed E-state index contributed by atoms with van der Waals surface area (Å²) in [5.41, 5.74) is 1.25. The van der Waals surface area contributed by atoms with Gasteiger partial charge in [0.1, 0.15) is 17.1 Å². The third-order valence-electron chi connectivity index (χ3n) is 2.46. The quantitative estimate of drug-likeness (QED) is 0.669. The normalized spacial score (nSPS) is 11.6. The predicted molar refractivity (Wildman–Crippen MR) is 58.2 cm³/mol. The molecule has 1 rings (SSSR count). The molecule has 1 aromatic heterocycles. The van der Waals surface area contributed by atoms with Gasteiger partial charge in [-0.1, -0.05) is 20.8 Å². The van der Waals surface area contributed by atoms with Crippen LogP contribution < -0.4 is 0 Å². The second-order valence-electron chi connectivity index (χ2n) is 4.73. The first-order valence-electron chi connectivity index (χ1n) is 4.97. The van der Waals surface area contributed by atoms with E-state index in [0.717, 1.165) is 11.3 Å². The van der Waals surface area contributed by atoms with E-state index in [-0.39, 0.29) is 11.4 Å². The zero-order valence-electron chi connectivity index (χ0n) is 10.2. The molecule has 0 aliphatic rings. The molecule has 0 saturated carbocycles. The topological polar surface area (TPSA) is 39.4 Å². The third kappa shape index (κ3) is 2.06. The lowest BCUT2D eigenvalue weighted by atomic mass is 9.89. The molecule has 0 atom stereocenters. The zero-order chi connectivity index (χ0) is 11.8. The van der Waals surface area contributed by atoms with E-state index < -0.39 is 0 Å². The van der Waals surface area contributed by atoms with Crippen molar-refractivity contribution in [2.24, 2.45) is 0 Å². The highest BCUT2D eigenvalue weighted by Crippen LogP contribution is 2.32. The van der Waals surface area contributed by atoms with Gasteiger partial charge >= 0.3 is 5.97 Å². The highest BCUT2D eigenvalue weighted by molar-refractivity contribution is 5.92. The van der Waals surface area contributed by atoms with Crippen LogP contribution in [0.5, 0.6) is 0 Å². The molecule has 0 aliphatic carbocycles. The van der Waals surface area contributed by atoms with Crippen LogP contribution in [0.4, 0.5) is 0 Å². The molecule has 84 valence electrons. The van der Waals surface area contributed by atoms with Gasteiger partial charge in [0.15, 0.2) is 0 Å². The lowest BCUT2D eigenvalue weighted by Gasteiger charge is -2.16. The van der Waals surface area contributed by atoms with Gasteiger partial charge in [-0.05, 0) is 13.8 Å². The lowest BCUT2D eigenvalue weighted by molar-refractivity contribution is 0.0595. The molecule has 0 bridgehead atoms. The van der Waals surface area contributed by atoms with E-state index >= 15 is 0 Å². The molecule has 15 heavy (non-hydrogen) atoms. The molecule has 1 aromatic rings. The maximum absolute atomic E-state index is 11.6. The second kappa shape index (κ2) is 3.72. The largest absolute Gasteiger partial charge is 0.465 e. The summed E-state index contributed by atoms with van der Waals surface area (Å²) in [4.78, 5) is 11.6. The Labute approximate surface area is 90.4 Å². The van der Waals surface area contributed by atoms with E-state index in [0.29, 0.717) is 11.3 Å². The molecule has 3 nitrogen and oxygen atoms in total. The lowest BCUT2D eigenvalue weighted by Crippen LogP contribution is -2.16. The van der Waals surface area contributed by atoms with Gasteiger partial charge in [0, 0.05) is 11.0 Å². The fourth-order valence-electron chi connectivity index (χ4n) is 1.50. The molecule has 0 radical (unpaired) electrons. The van der Waals surface area contributed by atoms with Gasteiger partial charge in [-0.25, -0.2) is 4.79 Å². The average molecular weight is 210 g/mol. The van der Waals surface area contributed by atoms with E-state index in [1.807, 2.05) is 34.6 Å². The Hall–Kier alpha value is -1.25. The number of carbonyl (C=O) groups is 1.